The molecule has 2 rings (SSSR count). The maximum atomic E-state index is 8.98. The Morgan fingerprint density at radius 3 is 2.83 bits per heavy atom. The Hall–Kier alpha value is -0.990. The molecular formula is C9H8ClNO. The summed E-state index contributed by atoms with van der Waals surface area (Å²) in [6.45, 7) is 0.0280. The first-order valence-electron chi connectivity index (χ1n) is 3.69. The minimum atomic E-state index is 0.0280. The molecule has 1 aromatic heterocycles. The van der Waals surface area contributed by atoms with E-state index in [4.69, 9.17) is 16.9 Å². The second kappa shape index (κ2) is 2.81. The Kier molecular flexibility index (Phi) is 1.79. The number of hydrogen-bond donors (Lipinski definition) is 1. The first-order chi connectivity index (χ1) is 5.83. The molecule has 0 fully saturated rings. The third kappa shape index (κ3) is 1.00. The van der Waals surface area contributed by atoms with Gasteiger partial charge < -0.3 is 5.11 Å². The summed E-state index contributed by atoms with van der Waals surface area (Å²) < 4.78 is 1.50. The van der Waals surface area contributed by atoms with Gasteiger partial charge in [0.05, 0.1) is 12.1 Å². The molecule has 2 aromatic rings. The van der Waals surface area contributed by atoms with Crippen molar-refractivity contribution in [3.63, 3.8) is 0 Å². The highest BCUT2D eigenvalue weighted by Gasteiger charge is 2.04. The molecule has 0 amide bonds. The van der Waals surface area contributed by atoms with Crippen LogP contribution in [0.3, 0.4) is 0 Å². The van der Waals surface area contributed by atoms with E-state index in [-0.39, 0.29) is 6.61 Å². The lowest BCUT2D eigenvalue weighted by molar-refractivity contribution is 0.283. The van der Waals surface area contributed by atoms with Crippen molar-refractivity contribution >= 4 is 22.7 Å². The van der Waals surface area contributed by atoms with E-state index in [0.717, 1.165) is 16.5 Å². The van der Waals surface area contributed by atoms with Crippen molar-refractivity contribution < 1.29 is 5.11 Å². The van der Waals surface area contributed by atoms with Crippen LogP contribution >= 0.6 is 11.8 Å². The Bertz CT molecular complexity index is 408. The van der Waals surface area contributed by atoms with Crippen LogP contribution in [0.5, 0.6) is 0 Å². The maximum Gasteiger partial charge on any atom is 0.0703 e. The third-order valence-electron chi connectivity index (χ3n) is 1.92. The van der Waals surface area contributed by atoms with Crippen LogP contribution in [0, 0.1) is 0 Å². The summed E-state index contributed by atoms with van der Waals surface area (Å²) in [6, 6.07) is 7.71. The molecule has 0 atom stereocenters. The summed E-state index contributed by atoms with van der Waals surface area (Å²) in [7, 11) is 0. The molecule has 0 saturated heterocycles. The van der Waals surface area contributed by atoms with E-state index in [2.05, 4.69) is 0 Å². The van der Waals surface area contributed by atoms with Gasteiger partial charge in [0, 0.05) is 28.9 Å². The second-order valence-corrected chi connectivity index (χ2v) is 3.01. The van der Waals surface area contributed by atoms with Crippen LogP contribution < -0.4 is 0 Å². The smallest absolute Gasteiger partial charge is 0.0703 e. The molecule has 1 aromatic carbocycles. The van der Waals surface area contributed by atoms with E-state index in [1.165, 1.54) is 4.09 Å². The van der Waals surface area contributed by atoms with E-state index in [0.29, 0.717) is 0 Å². The van der Waals surface area contributed by atoms with Gasteiger partial charge in [0.2, 0.25) is 0 Å². The zero-order valence-corrected chi connectivity index (χ0v) is 7.12. The molecule has 0 unspecified atom stereocenters. The van der Waals surface area contributed by atoms with Crippen molar-refractivity contribution in [2.24, 2.45) is 0 Å². The van der Waals surface area contributed by atoms with Gasteiger partial charge >= 0.3 is 0 Å². The van der Waals surface area contributed by atoms with Crippen LogP contribution in [0.25, 0.3) is 10.9 Å². The molecule has 0 bridgehead atoms. The number of aliphatic hydroxyl groups is 1. The highest BCUT2D eigenvalue weighted by molar-refractivity contribution is 6.19. The maximum absolute atomic E-state index is 8.98. The van der Waals surface area contributed by atoms with Crippen molar-refractivity contribution in [1.82, 2.24) is 4.09 Å². The molecule has 0 aliphatic carbocycles. The van der Waals surface area contributed by atoms with E-state index >= 15 is 0 Å². The molecule has 0 radical (unpaired) electrons. The minimum Gasteiger partial charge on any atom is -0.392 e. The number of aromatic nitrogens is 1. The lowest BCUT2D eigenvalue weighted by Gasteiger charge is -1.91. The van der Waals surface area contributed by atoms with E-state index in [1.54, 1.807) is 6.20 Å². The summed E-state index contributed by atoms with van der Waals surface area (Å²) >= 11 is 5.86. The molecule has 1 heterocycles. The fourth-order valence-electron chi connectivity index (χ4n) is 1.33. The fourth-order valence-corrected chi connectivity index (χ4v) is 1.60. The average molecular weight is 182 g/mol. The summed E-state index contributed by atoms with van der Waals surface area (Å²) in [5, 5.41) is 9.99. The topological polar surface area (TPSA) is 25.2 Å². The van der Waals surface area contributed by atoms with Gasteiger partial charge in [0.25, 0.3) is 0 Å². The zero-order chi connectivity index (χ0) is 8.55. The first-order valence-corrected chi connectivity index (χ1v) is 4.02. The summed E-state index contributed by atoms with van der Waals surface area (Å²) in [6.07, 6.45) is 1.73. The van der Waals surface area contributed by atoms with Crippen LogP contribution in [-0.4, -0.2) is 9.19 Å². The summed E-state index contributed by atoms with van der Waals surface area (Å²) in [5.74, 6) is 0. The molecule has 12 heavy (non-hydrogen) atoms. The monoisotopic (exact) mass is 181 g/mol. The zero-order valence-electron chi connectivity index (χ0n) is 6.37. The largest absolute Gasteiger partial charge is 0.392 e. The summed E-state index contributed by atoms with van der Waals surface area (Å²) in [5.41, 5.74) is 1.80. The fraction of sp³-hybridized carbons (Fsp3) is 0.111. The molecule has 2 nitrogen and oxygen atoms in total. The molecule has 1 N–H and O–H groups in total. The van der Waals surface area contributed by atoms with Crippen LogP contribution in [0.2, 0.25) is 0 Å². The predicted molar refractivity (Wildman–Crippen MR) is 49.1 cm³/mol. The Morgan fingerprint density at radius 1 is 1.33 bits per heavy atom. The molecular weight excluding hydrogens is 174 g/mol. The van der Waals surface area contributed by atoms with Gasteiger partial charge in [-0.25, -0.2) is 0 Å². The number of rotatable bonds is 1. The number of fused-ring (bicyclic) bond motifs is 1. The van der Waals surface area contributed by atoms with Crippen LogP contribution in [0.15, 0.2) is 30.5 Å². The number of para-hydroxylation sites is 1. The van der Waals surface area contributed by atoms with E-state index in [9.17, 15) is 0 Å². The van der Waals surface area contributed by atoms with Gasteiger partial charge in [-0.05, 0) is 6.07 Å². The Labute approximate surface area is 75.1 Å². The van der Waals surface area contributed by atoms with Gasteiger partial charge in [-0.1, -0.05) is 18.2 Å². The minimum absolute atomic E-state index is 0.0280. The molecule has 3 heteroatoms. The highest BCUT2D eigenvalue weighted by atomic mass is 35.5. The van der Waals surface area contributed by atoms with Crippen molar-refractivity contribution in [3.8, 4) is 0 Å². The first kappa shape index (κ1) is 7.65. The SMILES string of the molecule is OCc1cn(Cl)c2ccccc12. The van der Waals surface area contributed by atoms with Gasteiger partial charge in [-0.2, -0.15) is 0 Å². The Morgan fingerprint density at radius 2 is 2.08 bits per heavy atom. The third-order valence-corrected chi connectivity index (χ3v) is 2.20. The number of halogens is 1. The number of hydrogen-bond acceptors (Lipinski definition) is 1. The number of benzene rings is 1. The lowest BCUT2D eigenvalue weighted by atomic mass is 10.2. The van der Waals surface area contributed by atoms with Crippen molar-refractivity contribution in [2.45, 2.75) is 6.61 Å². The average Bonchev–Trinajstić information content (AvgIpc) is 2.44. The second-order valence-electron chi connectivity index (χ2n) is 2.64. The van der Waals surface area contributed by atoms with E-state index < -0.39 is 0 Å². The molecule has 0 aliphatic rings. The molecule has 0 saturated carbocycles. The van der Waals surface area contributed by atoms with Gasteiger partial charge in [0.15, 0.2) is 0 Å². The van der Waals surface area contributed by atoms with Gasteiger partial charge in [-0.15, -0.1) is 0 Å². The molecule has 0 spiro atoms. The van der Waals surface area contributed by atoms with Gasteiger partial charge in [-0.3, -0.25) is 4.09 Å². The van der Waals surface area contributed by atoms with E-state index in [1.807, 2.05) is 24.3 Å². The predicted octanol–water partition coefficient (Wildman–Crippen LogP) is 2.14. The van der Waals surface area contributed by atoms with Crippen molar-refractivity contribution in [2.75, 3.05) is 0 Å². The lowest BCUT2D eigenvalue weighted by Crippen LogP contribution is -1.77. The Balaban J connectivity index is 2.82. The van der Waals surface area contributed by atoms with Crippen molar-refractivity contribution in [1.29, 1.82) is 0 Å². The molecule has 62 valence electrons. The van der Waals surface area contributed by atoms with Crippen LogP contribution in [0.4, 0.5) is 0 Å². The van der Waals surface area contributed by atoms with Crippen LogP contribution in [-0.2, 0) is 6.61 Å². The number of aliphatic hydroxyl groups excluding tert-OH is 1. The standard InChI is InChI=1S/C9H8ClNO/c10-11-5-7(6-12)8-3-1-2-4-9(8)11/h1-5,12H,6H2. The molecule has 0 aliphatic heterocycles. The normalized spacial score (nSPS) is 10.8. The van der Waals surface area contributed by atoms with Gasteiger partial charge in [0.1, 0.15) is 0 Å². The summed E-state index contributed by atoms with van der Waals surface area (Å²) in [4.78, 5) is 0. The highest BCUT2D eigenvalue weighted by Crippen LogP contribution is 2.21. The quantitative estimate of drug-likeness (QED) is 0.717. The van der Waals surface area contributed by atoms with Crippen molar-refractivity contribution in [3.05, 3.63) is 36.0 Å². The van der Waals surface area contributed by atoms with Crippen LogP contribution in [0.1, 0.15) is 5.56 Å². The number of nitrogens with zero attached hydrogens (tertiary/aromatic N) is 1.